The number of carbonyl (C=O) groups is 1. The number of aryl methyl sites for hydroxylation is 1. The molecule has 5 nitrogen and oxygen atoms in total. The van der Waals surface area contributed by atoms with E-state index in [0.29, 0.717) is 25.6 Å². The van der Waals surface area contributed by atoms with Crippen LogP contribution < -0.4 is 4.74 Å². The summed E-state index contributed by atoms with van der Waals surface area (Å²) in [5.41, 5.74) is 3.67. The van der Waals surface area contributed by atoms with Crippen molar-refractivity contribution in [1.29, 1.82) is 0 Å². The largest absolute Gasteiger partial charge is 0.493 e. The van der Waals surface area contributed by atoms with Gasteiger partial charge in [-0.05, 0) is 47.9 Å². The first-order valence-electron chi connectivity index (χ1n) is 12.0. The van der Waals surface area contributed by atoms with Crippen molar-refractivity contribution in [3.05, 3.63) is 65.2 Å². The van der Waals surface area contributed by atoms with Gasteiger partial charge in [-0.3, -0.25) is 9.69 Å². The molecule has 0 N–H and O–H groups in total. The van der Waals surface area contributed by atoms with Gasteiger partial charge in [0.15, 0.2) is 0 Å². The number of fused-ring (bicyclic) bond motifs is 1. The Hall–Kier alpha value is -2.37. The highest BCUT2D eigenvalue weighted by Gasteiger charge is 2.31. The van der Waals surface area contributed by atoms with Crippen LogP contribution in [-0.4, -0.2) is 54.7 Å². The summed E-state index contributed by atoms with van der Waals surface area (Å²) in [5, 5.41) is 0. The van der Waals surface area contributed by atoms with Crippen molar-refractivity contribution in [1.82, 2.24) is 9.80 Å². The SMILES string of the molecule is CC(C)CN(Cc1ccc2c(c1)OCCCC2)C(=O)C1CN(Cc2ccccc2)CCO1. The summed E-state index contributed by atoms with van der Waals surface area (Å²) in [5.74, 6) is 1.47. The Kier molecular flexibility index (Phi) is 7.82. The monoisotopic (exact) mass is 436 g/mol. The van der Waals surface area contributed by atoms with Crippen LogP contribution in [0, 0.1) is 5.92 Å². The van der Waals surface area contributed by atoms with Gasteiger partial charge in [0.2, 0.25) is 0 Å². The summed E-state index contributed by atoms with van der Waals surface area (Å²) in [7, 11) is 0. The average Bonchev–Trinajstić information content (AvgIpc) is 3.04. The van der Waals surface area contributed by atoms with Gasteiger partial charge in [0.25, 0.3) is 5.91 Å². The van der Waals surface area contributed by atoms with Crippen LogP contribution in [0.5, 0.6) is 5.75 Å². The first-order valence-corrected chi connectivity index (χ1v) is 12.0. The molecule has 1 amide bonds. The van der Waals surface area contributed by atoms with Gasteiger partial charge in [-0.15, -0.1) is 0 Å². The number of hydrogen-bond acceptors (Lipinski definition) is 4. The molecule has 0 radical (unpaired) electrons. The van der Waals surface area contributed by atoms with Crippen molar-refractivity contribution in [2.45, 2.75) is 52.3 Å². The second kappa shape index (κ2) is 11.0. The van der Waals surface area contributed by atoms with Gasteiger partial charge in [0.1, 0.15) is 11.9 Å². The van der Waals surface area contributed by atoms with Crippen molar-refractivity contribution in [2.75, 3.05) is 32.8 Å². The molecular formula is C27H36N2O3. The highest BCUT2D eigenvalue weighted by Crippen LogP contribution is 2.26. The van der Waals surface area contributed by atoms with E-state index in [1.54, 1.807) is 0 Å². The molecule has 0 saturated carbocycles. The summed E-state index contributed by atoms with van der Waals surface area (Å²) < 4.78 is 11.9. The summed E-state index contributed by atoms with van der Waals surface area (Å²) >= 11 is 0. The van der Waals surface area contributed by atoms with Crippen LogP contribution in [-0.2, 0) is 29.0 Å². The molecule has 2 aliphatic rings. The summed E-state index contributed by atoms with van der Waals surface area (Å²) in [4.78, 5) is 17.8. The number of hydrogen-bond donors (Lipinski definition) is 0. The van der Waals surface area contributed by atoms with Crippen LogP contribution in [0.2, 0.25) is 0 Å². The normalized spacial score (nSPS) is 19.2. The minimum absolute atomic E-state index is 0.0901. The van der Waals surface area contributed by atoms with Crippen LogP contribution in [0.3, 0.4) is 0 Å². The predicted molar refractivity (Wildman–Crippen MR) is 127 cm³/mol. The van der Waals surface area contributed by atoms with Crippen molar-refractivity contribution in [2.24, 2.45) is 5.92 Å². The molecule has 0 aliphatic carbocycles. The zero-order chi connectivity index (χ0) is 22.3. The van der Waals surface area contributed by atoms with Gasteiger partial charge >= 0.3 is 0 Å². The lowest BCUT2D eigenvalue weighted by Gasteiger charge is -2.35. The molecule has 172 valence electrons. The predicted octanol–water partition coefficient (Wildman–Crippen LogP) is 4.29. The lowest BCUT2D eigenvalue weighted by atomic mass is 10.0. The molecule has 0 spiro atoms. The molecular weight excluding hydrogens is 400 g/mol. The van der Waals surface area contributed by atoms with E-state index in [1.807, 2.05) is 11.0 Å². The fraction of sp³-hybridized carbons (Fsp3) is 0.519. The van der Waals surface area contributed by atoms with Gasteiger partial charge in [0, 0.05) is 32.7 Å². The second-order valence-electron chi connectivity index (χ2n) is 9.44. The van der Waals surface area contributed by atoms with E-state index in [-0.39, 0.29) is 5.91 Å². The van der Waals surface area contributed by atoms with Crippen molar-refractivity contribution in [3.63, 3.8) is 0 Å². The van der Waals surface area contributed by atoms with E-state index in [0.717, 1.165) is 50.4 Å². The van der Waals surface area contributed by atoms with Gasteiger partial charge in [-0.2, -0.15) is 0 Å². The van der Waals surface area contributed by atoms with E-state index in [1.165, 1.54) is 17.5 Å². The second-order valence-corrected chi connectivity index (χ2v) is 9.44. The Morgan fingerprint density at radius 3 is 2.75 bits per heavy atom. The van der Waals surface area contributed by atoms with Gasteiger partial charge in [-0.25, -0.2) is 0 Å². The third-order valence-corrected chi connectivity index (χ3v) is 6.18. The molecule has 1 unspecified atom stereocenters. The van der Waals surface area contributed by atoms with Gasteiger partial charge < -0.3 is 14.4 Å². The van der Waals surface area contributed by atoms with E-state index < -0.39 is 6.10 Å². The summed E-state index contributed by atoms with van der Waals surface area (Å²) in [6.45, 7) is 9.32. The standard InChI is InChI=1S/C27H36N2O3/c1-21(2)17-29(19-23-11-12-24-10-6-7-14-31-25(24)16-23)27(30)26-20-28(13-15-32-26)18-22-8-4-3-5-9-22/h3-5,8-9,11-12,16,21,26H,6-7,10,13-15,17-20H2,1-2H3. The Labute approximate surface area is 192 Å². The minimum atomic E-state index is -0.414. The van der Waals surface area contributed by atoms with Gasteiger partial charge in [0.05, 0.1) is 13.2 Å². The van der Waals surface area contributed by atoms with Crippen LogP contribution >= 0.6 is 0 Å². The van der Waals surface area contributed by atoms with Crippen LogP contribution in [0.1, 0.15) is 43.4 Å². The van der Waals surface area contributed by atoms with E-state index >= 15 is 0 Å². The molecule has 2 aromatic rings. The lowest BCUT2D eigenvalue weighted by Crippen LogP contribution is -2.51. The smallest absolute Gasteiger partial charge is 0.253 e. The number of ether oxygens (including phenoxy) is 2. The molecule has 2 heterocycles. The molecule has 5 heteroatoms. The number of amides is 1. The average molecular weight is 437 g/mol. The Balaban J connectivity index is 1.44. The number of benzene rings is 2. The number of carbonyl (C=O) groups excluding carboxylic acids is 1. The Morgan fingerprint density at radius 2 is 1.94 bits per heavy atom. The van der Waals surface area contributed by atoms with E-state index in [4.69, 9.17) is 9.47 Å². The third kappa shape index (κ3) is 6.11. The van der Waals surface area contributed by atoms with Crippen molar-refractivity contribution in [3.8, 4) is 5.75 Å². The number of morpholine rings is 1. The maximum absolute atomic E-state index is 13.5. The summed E-state index contributed by atoms with van der Waals surface area (Å²) in [6.07, 6.45) is 2.92. The topological polar surface area (TPSA) is 42.0 Å². The maximum Gasteiger partial charge on any atom is 0.253 e. The molecule has 1 atom stereocenters. The highest BCUT2D eigenvalue weighted by molar-refractivity contribution is 5.81. The third-order valence-electron chi connectivity index (χ3n) is 6.18. The fourth-order valence-corrected chi connectivity index (χ4v) is 4.57. The molecule has 2 aliphatic heterocycles. The molecule has 32 heavy (non-hydrogen) atoms. The zero-order valence-electron chi connectivity index (χ0n) is 19.5. The Morgan fingerprint density at radius 1 is 1.09 bits per heavy atom. The van der Waals surface area contributed by atoms with Crippen molar-refractivity contribution >= 4 is 5.91 Å². The molecule has 2 aromatic carbocycles. The summed E-state index contributed by atoms with van der Waals surface area (Å²) in [6, 6.07) is 16.9. The fourth-order valence-electron chi connectivity index (χ4n) is 4.57. The first kappa shape index (κ1) is 22.8. The van der Waals surface area contributed by atoms with Crippen LogP contribution in [0.4, 0.5) is 0 Å². The molecule has 1 saturated heterocycles. The Bertz CT molecular complexity index is 884. The molecule has 0 bridgehead atoms. The molecule has 4 rings (SSSR count). The van der Waals surface area contributed by atoms with Crippen LogP contribution in [0.25, 0.3) is 0 Å². The van der Waals surface area contributed by atoms with Crippen LogP contribution in [0.15, 0.2) is 48.5 Å². The molecule has 1 fully saturated rings. The van der Waals surface area contributed by atoms with Gasteiger partial charge in [-0.1, -0.05) is 56.3 Å². The van der Waals surface area contributed by atoms with Crippen molar-refractivity contribution < 1.29 is 14.3 Å². The maximum atomic E-state index is 13.5. The number of nitrogens with zero attached hydrogens (tertiary/aromatic N) is 2. The quantitative estimate of drug-likeness (QED) is 0.649. The highest BCUT2D eigenvalue weighted by atomic mass is 16.5. The minimum Gasteiger partial charge on any atom is -0.493 e. The zero-order valence-corrected chi connectivity index (χ0v) is 19.5. The van der Waals surface area contributed by atoms with E-state index in [2.05, 4.69) is 61.2 Å². The molecule has 0 aromatic heterocycles. The van der Waals surface area contributed by atoms with E-state index in [9.17, 15) is 4.79 Å². The number of rotatable bonds is 7. The lowest BCUT2D eigenvalue weighted by molar-refractivity contribution is -0.151. The first-order chi connectivity index (χ1) is 15.6.